The quantitative estimate of drug-likeness (QED) is 0.813. The van der Waals surface area contributed by atoms with E-state index < -0.39 is 18.3 Å². The molecule has 1 saturated heterocycles. The fourth-order valence-electron chi connectivity index (χ4n) is 3.42. The van der Waals surface area contributed by atoms with Crippen LogP contribution in [0.5, 0.6) is 11.5 Å². The van der Waals surface area contributed by atoms with E-state index >= 15 is 4.39 Å². The lowest BCUT2D eigenvalue weighted by Gasteiger charge is -2.32. The molecule has 25 heavy (non-hydrogen) atoms. The van der Waals surface area contributed by atoms with Gasteiger partial charge in [-0.2, -0.15) is 0 Å². The van der Waals surface area contributed by atoms with Crippen molar-refractivity contribution in [2.45, 2.75) is 64.3 Å². The van der Waals surface area contributed by atoms with Crippen molar-refractivity contribution in [2.75, 3.05) is 0 Å². The highest BCUT2D eigenvalue weighted by Gasteiger charge is 2.54. The van der Waals surface area contributed by atoms with Crippen LogP contribution in [0.2, 0.25) is 0 Å². The minimum Gasteiger partial charge on any atom is -0.508 e. The first kappa shape index (κ1) is 16.9. The first-order chi connectivity index (χ1) is 11.7. The highest BCUT2D eigenvalue weighted by molar-refractivity contribution is 6.55. The number of phenolic OH excluding ortho intramolecular Hbond substituents is 1. The summed E-state index contributed by atoms with van der Waals surface area (Å²) >= 11 is 0. The second-order valence-electron chi connectivity index (χ2n) is 8.29. The molecule has 2 fully saturated rings. The zero-order chi connectivity index (χ0) is 18.0. The van der Waals surface area contributed by atoms with Crippen molar-refractivity contribution in [1.82, 2.24) is 0 Å². The van der Waals surface area contributed by atoms with Crippen LogP contribution in [0.3, 0.4) is 0 Å². The van der Waals surface area contributed by atoms with Gasteiger partial charge in [0.15, 0.2) is 0 Å². The van der Waals surface area contributed by atoms with Gasteiger partial charge in [0.1, 0.15) is 23.3 Å². The van der Waals surface area contributed by atoms with Gasteiger partial charge in [-0.15, -0.1) is 0 Å². The minimum atomic E-state index is -1.01. The third kappa shape index (κ3) is 2.85. The predicted molar refractivity (Wildman–Crippen MR) is 94.0 cm³/mol. The van der Waals surface area contributed by atoms with Gasteiger partial charge < -0.3 is 19.2 Å². The third-order valence-corrected chi connectivity index (χ3v) is 5.87. The van der Waals surface area contributed by atoms with Gasteiger partial charge in [-0.1, -0.05) is 0 Å². The predicted octanol–water partition coefficient (Wildman–Crippen LogP) is 4.27. The maximum Gasteiger partial charge on any atom is 0.525 e. The third-order valence-electron chi connectivity index (χ3n) is 5.87. The molecule has 1 atom stereocenters. The minimum absolute atomic E-state index is 0.0579. The van der Waals surface area contributed by atoms with Gasteiger partial charge in [-0.3, -0.25) is 0 Å². The normalized spacial score (nSPS) is 29.2. The largest absolute Gasteiger partial charge is 0.525 e. The van der Waals surface area contributed by atoms with Crippen molar-refractivity contribution in [3.8, 4) is 11.5 Å². The number of aromatic hydroxyl groups is 1. The van der Waals surface area contributed by atoms with E-state index in [2.05, 4.69) is 0 Å². The summed E-state index contributed by atoms with van der Waals surface area (Å²) in [4.78, 5) is 0. The number of benzene rings is 1. The Morgan fingerprint density at radius 1 is 1.16 bits per heavy atom. The van der Waals surface area contributed by atoms with E-state index in [9.17, 15) is 5.11 Å². The van der Waals surface area contributed by atoms with Gasteiger partial charge in [-0.05, 0) is 64.2 Å². The summed E-state index contributed by atoms with van der Waals surface area (Å²) in [5.74, 6) is 1.10. The molecule has 1 aliphatic carbocycles. The molecule has 4 rings (SSSR count). The summed E-state index contributed by atoms with van der Waals surface area (Å²) in [6.45, 7) is 7.64. The molecule has 1 unspecified atom stereocenters. The van der Waals surface area contributed by atoms with E-state index in [0.717, 1.165) is 12.8 Å². The maximum absolute atomic E-state index is 15.4. The van der Waals surface area contributed by atoms with Crippen molar-refractivity contribution in [1.29, 1.82) is 0 Å². The summed E-state index contributed by atoms with van der Waals surface area (Å²) in [6, 6.07) is 4.81. The molecule has 0 amide bonds. The Kier molecular flexibility index (Phi) is 3.71. The Morgan fingerprint density at radius 3 is 2.40 bits per heavy atom. The average Bonchev–Trinajstić information content (AvgIpc) is 3.33. The lowest BCUT2D eigenvalue weighted by atomic mass is 9.79. The fraction of sp³-hybridized carbons (Fsp3) is 0.579. The molecule has 134 valence electrons. The maximum atomic E-state index is 15.4. The zero-order valence-electron chi connectivity index (χ0n) is 15.1. The van der Waals surface area contributed by atoms with Gasteiger partial charge in [0.25, 0.3) is 0 Å². The number of fused-ring (bicyclic) bond motifs is 1. The standard InChI is InChI=1S/C19H24BFO4/c1-18(2)19(3,4)25-20(24-18)17(21)14-10-15(11-5-6-11)23-16-9-12(22)7-8-13(14)16/h7-9,11,15,22H,5-6,10H2,1-4H3. The van der Waals surface area contributed by atoms with Gasteiger partial charge in [0, 0.05) is 18.1 Å². The summed E-state index contributed by atoms with van der Waals surface area (Å²) in [5, 5.41) is 9.76. The second-order valence-corrected chi connectivity index (χ2v) is 8.29. The number of ether oxygens (including phenoxy) is 1. The summed E-state index contributed by atoms with van der Waals surface area (Å²) < 4.78 is 33.2. The van der Waals surface area contributed by atoms with Crippen LogP contribution in [0.15, 0.2) is 23.9 Å². The van der Waals surface area contributed by atoms with Crippen molar-refractivity contribution in [3.05, 3.63) is 29.5 Å². The molecule has 0 aromatic heterocycles. The van der Waals surface area contributed by atoms with Crippen molar-refractivity contribution < 1.29 is 23.5 Å². The SMILES string of the molecule is CC1(C)OB(C(F)=C2CC(C3CC3)Oc3cc(O)ccc32)OC1(C)C. The zero-order valence-corrected chi connectivity index (χ0v) is 15.1. The molecule has 1 N–H and O–H groups in total. The van der Waals surface area contributed by atoms with Gasteiger partial charge in [0.2, 0.25) is 0 Å². The van der Waals surface area contributed by atoms with E-state index in [-0.39, 0.29) is 17.6 Å². The van der Waals surface area contributed by atoms with E-state index in [1.807, 2.05) is 27.7 Å². The van der Waals surface area contributed by atoms with Crippen LogP contribution in [0, 0.1) is 5.92 Å². The Bertz CT molecular complexity index is 723. The first-order valence-corrected chi connectivity index (χ1v) is 8.92. The van der Waals surface area contributed by atoms with Crippen LogP contribution in [0.4, 0.5) is 4.39 Å². The number of rotatable bonds is 2. The molecule has 1 saturated carbocycles. The first-order valence-electron chi connectivity index (χ1n) is 8.92. The highest BCUT2D eigenvalue weighted by Crippen LogP contribution is 2.48. The fourth-order valence-corrected chi connectivity index (χ4v) is 3.42. The van der Waals surface area contributed by atoms with Crippen molar-refractivity contribution in [3.63, 3.8) is 0 Å². The summed E-state index contributed by atoms with van der Waals surface area (Å²) in [6.07, 6.45) is 2.64. The van der Waals surface area contributed by atoms with E-state index in [1.54, 1.807) is 18.2 Å². The molecule has 1 aromatic carbocycles. The van der Waals surface area contributed by atoms with Crippen LogP contribution in [0.25, 0.3) is 5.57 Å². The highest BCUT2D eigenvalue weighted by atomic mass is 19.1. The van der Waals surface area contributed by atoms with Crippen molar-refractivity contribution in [2.24, 2.45) is 5.92 Å². The Labute approximate surface area is 148 Å². The average molecular weight is 346 g/mol. The summed E-state index contributed by atoms with van der Waals surface area (Å²) in [5.41, 5.74) is -0.332. The van der Waals surface area contributed by atoms with Crippen LogP contribution in [-0.2, 0) is 9.31 Å². The molecule has 0 spiro atoms. The molecule has 3 aliphatic rings. The lowest BCUT2D eigenvalue weighted by Crippen LogP contribution is -2.41. The molecule has 0 radical (unpaired) electrons. The van der Waals surface area contributed by atoms with Gasteiger partial charge in [0.05, 0.1) is 11.2 Å². The summed E-state index contributed by atoms with van der Waals surface area (Å²) in [7, 11) is -1.01. The molecule has 1 aromatic rings. The monoisotopic (exact) mass is 346 g/mol. The van der Waals surface area contributed by atoms with Crippen molar-refractivity contribution >= 4 is 12.7 Å². The number of hydrogen-bond acceptors (Lipinski definition) is 4. The molecule has 0 bridgehead atoms. The molecular formula is C19H24BFO4. The number of phenols is 1. The van der Waals surface area contributed by atoms with Crippen LogP contribution in [0.1, 0.15) is 52.5 Å². The Morgan fingerprint density at radius 2 is 1.80 bits per heavy atom. The molecule has 6 heteroatoms. The number of hydrogen-bond donors (Lipinski definition) is 1. The van der Waals surface area contributed by atoms with E-state index in [4.69, 9.17) is 14.0 Å². The van der Waals surface area contributed by atoms with Crippen LogP contribution < -0.4 is 4.74 Å². The van der Waals surface area contributed by atoms with Crippen LogP contribution >= 0.6 is 0 Å². The Hall–Kier alpha value is -1.53. The second kappa shape index (κ2) is 5.48. The van der Waals surface area contributed by atoms with E-state index in [1.165, 1.54) is 0 Å². The van der Waals surface area contributed by atoms with Gasteiger partial charge >= 0.3 is 7.12 Å². The lowest BCUT2D eigenvalue weighted by molar-refractivity contribution is 0.00578. The molecule has 2 heterocycles. The van der Waals surface area contributed by atoms with E-state index in [0.29, 0.717) is 29.2 Å². The molecular weight excluding hydrogens is 322 g/mol. The molecule has 4 nitrogen and oxygen atoms in total. The Balaban J connectivity index is 1.74. The molecule has 2 aliphatic heterocycles. The van der Waals surface area contributed by atoms with Crippen LogP contribution in [-0.4, -0.2) is 29.5 Å². The number of halogens is 1. The smallest absolute Gasteiger partial charge is 0.508 e. The topological polar surface area (TPSA) is 47.9 Å². The van der Waals surface area contributed by atoms with Gasteiger partial charge in [-0.25, -0.2) is 4.39 Å².